The van der Waals surface area contributed by atoms with Crippen molar-refractivity contribution in [3.05, 3.63) is 59.7 Å². The van der Waals surface area contributed by atoms with E-state index in [0.29, 0.717) is 18.0 Å². The number of rotatable bonds is 4. The predicted molar refractivity (Wildman–Crippen MR) is 99.5 cm³/mol. The van der Waals surface area contributed by atoms with Crippen LogP contribution in [0.15, 0.2) is 53.4 Å². The standard InChI is InChI=1S/C20H25NO3S/c1-16-6-12-20(13-7-16)25(22,23)21-14-4-3-5-18(15-21)17-8-10-19(24-2)11-9-17/h6-13,18H,3-5,14-15H2,1-2H3. The van der Waals surface area contributed by atoms with Crippen molar-refractivity contribution in [1.29, 1.82) is 0 Å². The van der Waals surface area contributed by atoms with Crippen LogP contribution in [0.3, 0.4) is 0 Å². The van der Waals surface area contributed by atoms with Crippen molar-refractivity contribution in [2.45, 2.75) is 37.0 Å². The second kappa shape index (κ2) is 7.58. The largest absolute Gasteiger partial charge is 0.497 e. The van der Waals surface area contributed by atoms with Gasteiger partial charge in [-0.3, -0.25) is 0 Å². The van der Waals surface area contributed by atoms with E-state index in [2.05, 4.69) is 0 Å². The number of hydrogen-bond acceptors (Lipinski definition) is 3. The average molecular weight is 359 g/mol. The molecule has 0 aliphatic carbocycles. The van der Waals surface area contributed by atoms with Crippen LogP contribution >= 0.6 is 0 Å². The van der Waals surface area contributed by atoms with E-state index in [9.17, 15) is 8.42 Å². The number of nitrogens with zero attached hydrogens (tertiary/aromatic N) is 1. The number of sulfonamides is 1. The van der Waals surface area contributed by atoms with Gasteiger partial charge in [-0.05, 0) is 55.5 Å². The first kappa shape index (κ1) is 18.0. The van der Waals surface area contributed by atoms with E-state index in [0.717, 1.165) is 30.6 Å². The minimum atomic E-state index is -3.45. The third kappa shape index (κ3) is 4.05. The van der Waals surface area contributed by atoms with Crippen LogP contribution in [0.5, 0.6) is 5.75 Å². The smallest absolute Gasteiger partial charge is 0.243 e. The molecular formula is C20H25NO3S. The molecule has 0 radical (unpaired) electrons. The number of hydrogen-bond donors (Lipinski definition) is 0. The van der Waals surface area contributed by atoms with Crippen molar-refractivity contribution in [2.24, 2.45) is 0 Å². The monoisotopic (exact) mass is 359 g/mol. The maximum absolute atomic E-state index is 13.0. The van der Waals surface area contributed by atoms with E-state index in [-0.39, 0.29) is 5.92 Å². The van der Waals surface area contributed by atoms with Crippen molar-refractivity contribution in [3.63, 3.8) is 0 Å². The minimum absolute atomic E-state index is 0.216. The van der Waals surface area contributed by atoms with Gasteiger partial charge >= 0.3 is 0 Å². The Morgan fingerprint density at radius 2 is 1.68 bits per heavy atom. The van der Waals surface area contributed by atoms with Crippen LogP contribution in [-0.2, 0) is 10.0 Å². The van der Waals surface area contributed by atoms with Gasteiger partial charge in [0.1, 0.15) is 5.75 Å². The van der Waals surface area contributed by atoms with Crippen LogP contribution in [0, 0.1) is 6.92 Å². The van der Waals surface area contributed by atoms with E-state index in [1.807, 2.05) is 43.3 Å². The Hall–Kier alpha value is -1.85. The highest BCUT2D eigenvalue weighted by Gasteiger charge is 2.29. The molecule has 1 saturated heterocycles. The van der Waals surface area contributed by atoms with Gasteiger partial charge in [-0.2, -0.15) is 4.31 Å². The van der Waals surface area contributed by atoms with Crippen LogP contribution in [0.2, 0.25) is 0 Å². The molecule has 0 aromatic heterocycles. The van der Waals surface area contributed by atoms with Crippen molar-refractivity contribution < 1.29 is 13.2 Å². The molecule has 0 spiro atoms. The van der Waals surface area contributed by atoms with Gasteiger partial charge in [-0.25, -0.2) is 8.42 Å². The summed E-state index contributed by atoms with van der Waals surface area (Å²) in [6, 6.07) is 15.1. The molecule has 5 heteroatoms. The third-order valence-corrected chi connectivity index (χ3v) is 6.76. The third-order valence-electron chi connectivity index (χ3n) is 4.88. The zero-order chi connectivity index (χ0) is 17.9. The van der Waals surface area contributed by atoms with Crippen LogP contribution in [0.1, 0.15) is 36.3 Å². The Morgan fingerprint density at radius 1 is 1.00 bits per heavy atom. The molecule has 134 valence electrons. The summed E-state index contributed by atoms with van der Waals surface area (Å²) in [5.41, 5.74) is 2.23. The lowest BCUT2D eigenvalue weighted by molar-refractivity contribution is 0.404. The molecule has 2 aromatic carbocycles. The predicted octanol–water partition coefficient (Wildman–Crippen LogP) is 3.96. The molecule has 1 fully saturated rings. The maximum atomic E-state index is 13.0. The second-order valence-electron chi connectivity index (χ2n) is 6.64. The van der Waals surface area contributed by atoms with Gasteiger partial charge in [0.05, 0.1) is 12.0 Å². The molecule has 0 saturated carbocycles. The molecule has 1 aliphatic rings. The van der Waals surface area contributed by atoms with Crippen molar-refractivity contribution in [2.75, 3.05) is 20.2 Å². The zero-order valence-corrected chi connectivity index (χ0v) is 15.6. The summed E-state index contributed by atoms with van der Waals surface area (Å²) in [6.07, 6.45) is 2.95. The lowest BCUT2D eigenvalue weighted by Crippen LogP contribution is -2.34. The Morgan fingerprint density at radius 3 is 2.32 bits per heavy atom. The molecule has 1 aliphatic heterocycles. The number of ether oxygens (including phenoxy) is 1. The van der Waals surface area contributed by atoms with Crippen molar-refractivity contribution >= 4 is 10.0 Å². The SMILES string of the molecule is COc1ccc(C2CCCCN(S(=O)(=O)c3ccc(C)cc3)C2)cc1. The molecule has 4 nitrogen and oxygen atoms in total. The first-order chi connectivity index (χ1) is 12.0. The fourth-order valence-corrected chi connectivity index (χ4v) is 4.86. The number of benzene rings is 2. The van der Waals surface area contributed by atoms with E-state index in [1.54, 1.807) is 23.5 Å². The van der Waals surface area contributed by atoms with Gasteiger partial charge < -0.3 is 4.74 Å². The van der Waals surface area contributed by atoms with E-state index in [1.165, 1.54) is 5.56 Å². The Balaban J connectivity index is 1.84. The maximum Gasteiger partial charge on any atom is 0.243 e. The van der Waals surface area contributed by atoms with Gasteiger partial charge in [0.25, 0.3) is 0 Å². The second-order valence-corrected chi connectivity index (χ2v) is 8.58. The molecule has 1 atom stereocenters. The lowest BCUT2D eigenvalue weighted by atomic mass is 9.94. The first-order valence-electron chi connectivity index (χ1n) is 8.71. The quantitative estimate of drug-likeness (QED) is 0.830. The van der Waals surface area contributed by atoms with E-state index in [4.69, 9.17) is 4.74 Å². The molecular weight excluding hydrogens is 334 g/mol. The van der Waals surface area contributed by atoms with Gasteiger partial charge in [0.15, 0.2) is 0 Å². The van der Waals surface area contributed by atoms with Crippen molar-refractivity contribution in [3.8, 4) is 5.75 Å². The first-order valence-corrected chi connectivity index (χ1v) is 10.2. The molecule has 2 aromatic rings. The number of aryl methyl sites for hydroxylation is 1. The summed E-state index contributed by atoms with van der Waals surface area (Å²) >= 11 is 0. The lowest BCUT2D eigenvalue weighted by Gasteiger charge is -2.24. The molecule has 0 bridgehead atoms. The van der Waals surface area contributed by atoms with Gasteiger partial charge in [0.2, 0.25) is 10.0 Å². The van der Waals surface area contributed by atoms with Crippen LogP contribution in [0.25, 0.3) is 0 Å². The molecule has 3 rings (SSSR count). The Kier molecular flexibility index (Phi) is 5.45. The Bertz CT molecular complexity index is 798. The minimum Gasteiger partial charge on any atom is -0.497 e. The fourth-order valence-electron chi connectivity index (χ4n) is 3.33. The van der Waals surface area contributed by atoms with Gasteiger partial charge in [-0.15, -0.1) is 0 Å². The molecule has 1 heterocycles. The molecule has 1 unspecified atom stereocenters. The topological polar surface area (TPSA) is 46.6 Å². The summed E-state index contributed by atoms with van der Waals surface area (Å²) in [7, 11) is -1.80. The van der Waals surface area contributed by atoms with Crippen LogP contribution in [-0.4, -0.2) is 32.9 Å². The number of methoxy groups -OCH3 is 1. The zero-order valence-electron chi connectivity index (χ0n) is 14.8. The summed E-state index contributed by atoms with van der Waals surface area (Å²) in [4.78, 5) is 0.383. The molecule has 0 amide bonds. The highest BCUT2D eigenvalue weighted by Crippen LogP contribution is 2.30. The van der Waals surface area contributed by atoms with Crippen LogP contribution < -0.4 is 4.74 Å². The fraction of sp³-hybridized carbons (Fsp3) is 0.400. The average Bonchev–Trinajstić information content (AvgIpc) is 2.89. The van der Waals surface area contributed by atoms with E-state index < -0.39 is 10.0 Å². The van der Waals surface area contributed by atoms with Crippen LogP contribution in [0.4, 0.5) is 0 Å². The highest BCUT2D eigenvalue weighted by molar-refractivity contribution is 7.89. The summed E-state index contributed by atoms with van der Waals surface area (Å²) in [5, 5.41) is 0. The van der Waals surface area contributed by atoms with Crippen molar-refractivity contribution in [1.82, 2.24) is 4.31 Å². The Labute approximate surface area is 150 Å². The van der Waals surface area contributed by atoms with Gasteiger partial charge in [0, 0.05) is 13.1 Å². The molecule has 25 heavy (non-hydrogen) atoms. The normalized spacial score (nSPS) is 19.4. The summed E-state index contributed by atoms with van der Waals surface area (Å²) < 4.78 is 32.9. The summed E-state index contributed by atoms with van der Waals surface area (Å²) in [5.74, 6) is 1.04. The van der Waals surface area contributed by atoms with Gasteiger partial charge in [-0.1, -0.05) is 36.2 Å². The highest BCUT2D eigenvalue weighted by atomic mass is 32.2. The molecule has 0 N–H and O–H groups in total. The summed E-state index contributed by atoms with van der Waals surface area (Å²) in [6.45, 7) is 3.08. The van der Waals surface area contributed by atoms with E-state index >= 15 is 0 Å².